The van der Waals surface area contributed by atoms with Gasteiger partial charge < -0.3 is 15.5 Å². The molecule has 0 bridgehead atoms. The summed E-state index contributed by atoms with van der Waals surface area (Å²) in [5.74, 6) is -1.29. The fraction of sp³-hybridized carbons (Fsp3) is 0.381. The molecule has 2 aliphatic rings. The Hall–Kier alpha value is -2.63. The van der Waals surface area contributed by atoms with Gasteiger partial charge >= 0.3 is 6.03 Å². The molecule has 142 valence electrons. The van der Waals surface area contributed by atoms with E-state index in [1.807, 2.05) is 18.2 Å². The van der Waals surface area contributed by atoms with Crippen LogP contribution in [-0.2, 0) is 6.42 Å². The van der Waals surface area contributed by atoms with Crippen molar-refractivity contribution in [2.45, 2.75) is 38.1 Å². The monoisotopic (exact) mass is 371 g/mol. The molecule has 4 nitrogen and oxygen atoms in total. The highest BCUT2D eigenvalue weighted by Crippen LogP contribution is 2.31. The Morgan fingerprint density at radius 3 is 2.48 bits per heavy atom. The van der Waals surface area contributed by atoms with Crippen LogP contribution in [0.1, 0.15) is 42.9 Å². The summed E-state index contributed by atoms with van der Waals surface area (Å²) in [6.45, 7) is 1.31. The predicted octanol–water partition coefficient (Wildman–Crippen LogP) is 4.76. The number of amides is 2. The minimum absolute atomic E-state index is 0.000309. The molecule has 1 fully saturated rings. The standard InChI is InChI=1S/C21H23F2N3O/c22-17-12-15(13-18(23)20(17)26-10-3-4-11-26)24-21(27)25-19-9-5-7-14-6-1-2-8-16(14)19/h1-2,6,8,12-13,19H,3-5,7,9-11H2,(H2,24,25,27)/t19-/m0/s1. The molecule has 1 saturated heterocycles. The van der Waals surface area contributed by atoms with E-state index in [4.69, 9.17) is 0 Å². The second-order valence-electron chi connectivity index (χ2n) is 7.22. The highest BCUT2D eigenvalue weighted by molar-refractivity contribution is 5.90. The zero-order chi connectivity index (χ0) is 18.8. The van der Waals surface area contributed by atoms with Crippen molar-refractivity contribution in [3.8, 4) is 0 Å². The molecular weight excluding hydrogens is 348 g/mol. The van der Waals surface area contributed by atoms with Crippen LogP contribution in [0.15, 0.2) is 36.4 Å². The molecule has 27 heavy (non-hydrogen) atoms. The molecule has 2 N–H and O–H groups in total. The number of fused-ring (bicyclic) bond motifs is 1. The van der Waals surface area contributed by atoms with Gasteiger partial charge in [-0.1, -0.05) is 24.3 Å². The third-order valence-corrected chi connectivity index (χ3v) is 5.37. The molecule has 2 aromatic carbocycles. The van der Waals surface area contributed by atoms with Crippen LogP contribution in [0, 0.1) is 11.6 Å². The maximum absolute atomic E-state index is 14.4. The molecular formula is C21H23F2N3O. The van der Waals surface area contributed by atoms with Crippen molar-refractivity contribution in [1.29, 1.82) is 0 Å². The quantitative estimate of drug-likeness (QED) is 0.817. The minimum atomic E-state index is -0.643. The molecule has 4 rings (SSSR count). The van der Waals surface area contributed by atoms with Crippen molar-refractivity contribution in [3.63, 3.8) is 0 Å². The number of halogens is 2. The van der Waals surface area contributed by atoms with Crippen LogP contribution in [0.5, 0.6) is 0 Å². The first-order chi connectivity index (χ1) is 13.1. The number of nitrogens with one attached hydrogen (secondary N) is 2. The van der Waals surface area contributed by atoms with Crippen LogP contribution in [-0.4, -0.2) is 19.1 Å². The van der Waals surface area contributed by atoms with Gasteiger partial charge in [0.15, 0.2) is 11.6 Å². The van der Waals surface area contributed by atoms with E-state index in [2.05, 4.69) is 16.7 Å². The van der Waals surface area contributed by atoms with E-state index in [0.29, 0.717) is 13.1 Å². The summed E-state index contributed by atoms with van der Waals surface area (Å²) in [6, 6.07) is 9.87. The smallest absolute Gasteiger partial charge is 0.319 e. The normalized spacial score (nSPS) is 18.9. The molecule has 1 atom stereocenters. The van der Waals surface area contributed by atoms with Gasteiger partial charge in [0, 0.05) is 18.8 Å². The lowest BCUT2D eigenvalue weighted by Crippen LogP contribution is -2.34. The summed E-state index contributed by atoms with van der Waals surface area (Å²) in [4.78, 5) is 14.1. The zero-order valence-electron chi connectivity index (χ0n) is 15.1. The second kappa shape index (κ2) is 7.55. The second-order valence-corrected chi connectivity index (χ2v) is 7.22. The summed E-state index contributed by atoms with van der Waals surface area (Å²) in [5, 5.41) is 5.50. The third-order valence-electron chi connectivity index (χ3n) is 5.37. The van der Waals surface area contributed by atoms with E-state index in [1.165, 1.54) is 17.7 Å². The topological polar surface area (TPSA) is 44.4 Å². The number of rotatable bonds is 3. The summed E-state index contributed by atoms with van der Waals surface area (Å²) in [6.07, 6.45) is 4.72. The minimum Gasteiger partial charge on any atom is -0.367 e. The molecule has 1 aliphatic heterocycles. The molecule has 0 radical (unpaired) electrons. The lowest BCUT2D eigenvalue weighted by molar-refractivity contribution is 0.247. The Bertz CT molecular complexity index is 826. The number of carbonyl (C=O) groups excluding carboxylic acids is 1. The molecule has 1 aliphatic carbocycles. The van der Waals surface area contributed by atoms with E-state index in [0.717, 1.165) is 37.7 Å². The van der Waals surface area contributed by atoms with Gasteiger partial charge in [-0.15, -0.1) is 0 Å². The van der Waals surface area contributed by atoms with Crippen LogP contribution in [0.4, 0.5) is 25.0 Å². The Morgan fingerprint density at radius 2 is 1.74 bits per heavy atom. The Balaban J connectivity index is 1.46. The molecule has 0 spiro atoms. The molecule has 2 amide bonds. The summed E-state index contributed by atoms with van der Waals surface area (Å²) in [5.41, 5.74) is 2.47. The largest absolute Gasteiger partial charge is 0.367 e. The molecule has 6 heteroatoms. The van der Waals surface area contributed by atoms with E-state index < -0.39 is 17.7 Å². The third kappa shape index (κ3) is 3.75. The first kappa shape index (κ1) is 17.8. The van der Waals surface area contributed by atoms with Crippen LogP contribution in [0.25, 0.3) is 0 Å². The first-order valence-electron chi connectivity index (χ1n) is 9.51. The number of anilines is 2. The SMILES string of the molecule is O=C(Nc1cc(F)c(N2CCCC2)c(F)c1)N[C@H]1CCCc2ccccc21. The van der Waals surface area contributed by atoms with E-state index in [9.17, 15) is 13.6 Å². The molecule has 0 aromatic heterocycles. The summed E-state index contributed by atoms with van der Waals surface area (Å²) >= 11 is 0. The van der Waals surface area contributed by atoms with Crippen molar-refractivity contribution in [1.82, 2.24) is 5.32 Å². The fourth-order valence-corrected chi connectivity index (χ4v) is 4.11. The summed E-state index contributed by atoms with van der Waals surface area (Å²) in [7, 11) is 0. The Kier molecular flexibility index (Phi) is 4.97. The van der Waals surface area contributed by atoms with Crippen molar-refractivity contribution in [3.05, 3.63) is 59.2 Å². The highest BCUT2D eigenvalue weighted by atomic mass is 19.1. The van der Waals surface area contributed by atoms with Gasteiger partial charge in [0.25, 0.3) is 0 Å². The van der Waals surface area contributed by atoms with Crippen LogP contribution >= 0.6 is 0 Å². The Labute approximate surface area is 157 Å². The molecule has 0 unspecified atom stereocenters. The van der Waals surface area contributed by atoms with Crippen LogP contribution in [0.3, 0.4) is 0 Å². The number of hydrogen-bond acceptors (Lipinski definition) is 2. The van der Waals surface area contributed by atoms with Crippen LogP contribution in [0.2, 0.25) is 0 Å². The number of benzene rings is 2. The molecule has 0 saturated carbocycles. The molecule has 2 aromatic rings. The van der Waals surface area contributed by atoms with Crippen LogP contribution < -0.4 is 15.5 Å². The Morgan fingerprint density at radius 1 is 1.04 bits per heavy atom. The fourth-order valence-electron chi connectivity index (χ4n) is 4.11. The van der Waals surface area contributed by atoms with Gasteiger partial charge in [-0.2, -0.15) is 0 Å². The lowest BCUT2D eigenvalue weighted by atomic mass is 9.88. The lowest BCUT2D eigenvalue weighted by Gasteiger charge is -2.26. The van der Waals surface area contributed by atoms with Gasteiger partial charge in [-0.3, -0.25) is 0 Å². The van der Waals surface area contributed by atoms with Crippen molar-refractivity contribution in [2.75, 3.05) is 23.3 Å². The zero-order valence-corrected chi connectivity index (χ0v) is 15.1. The average molecular weight is 371 g/mol. The first-order valence-corrected chi connectivity index (χ1v) is 9.51. The maximum atomic E-state index is 14.4. The average Bonchev–Trinajstić information content (AvgIpc) is 3.15. The number of hydrogen-bond donors (Lipinski definition) is 2. The number of carbonyl (C=O) groups is 1. The predicted molar refractivity (Wildman–Crippen MR) is 102 cm³/mol. The van der Waals surface area contributed by atoms with Crippen molar-refractivity contribution >= 4 is 17.4 Å². The van der Waals surface area contributed by atoms with Gasteiger partial charge in [0.1, 0.15) is 5.69 Å². The maximum Gasteiger partial charge on any atom is 0.319 e. The molecule has 1 heterocycles. The van der Waals surface area contributed by atoms with Crippen molar-refractivity contribution in [2.24, 2.45) is 0 Å². The van der Waals surface area contributed by atoms with Gasteiger partial charge in [0.2, 0.25) is 0 Å². The van der Waals surface area contributed by atoms with Gasteiger partial charge in [-0.05, 0) is 55.4 Å². The van der Waals surface area contributed by atoms with E-state index in [-0.39, 0.29) is 17.4 Å². The van der Waals surface area contributed by atoms with E-state index >= 15 is 0 Å². The van der Waals surface area contributed by atoms with E-state index in [1.54, 1.807) is 4.90 Å². The summed E-state index contributed by atoms with van der Waals surface area (Å²) < 4.78 is 28.8. The highest BCUT2D eigenvalue weighted by Gasteiger charge is 2.23. The number of urea groups is 1. The van der Waals surface area contributed by atoms with Gasteiger partial charge in [-0.25, -0.2) is 13.6 Å². The number of nitrogens with zero attached hydrogens (tertiary/aromatic N) is 1. The van der Waals surface area contributed by atoms with Crippen molar-refractivity contribution < 1.29 is 13.6 Å². The van der Waals surface area contributed by atoms with Gasteiger partial charge in [0.05, 0.1) is 6.04 Å². The number of aryl methyl sites for hydroxylation is 1.